The monoisotopic (exact) mass is 255 g/mol. The normalized spacial score (nSPS) is 24.0. The van der Waals surface area contributed by atoms with Crippen molar-refractivity contribution in [2.75, 3.05) is 13.1 Å². The second kappa shape index (κ2) is 4.06. The maximum atomic E-state index is 12.1. The van der Waals surface area contributed by atoms with Gasteiger partial charge in [-0.1, -0.05) is 4.49 Å². The first-order valence-corrected chi connectivity index (χ1v) is 6.03. The molecule has 1 saturated heterocycles. The van der Waals surface area contributed by atoms with Gasteiger partial charge < -0.3 is 10.0 Å². The quantitative estimate of drug-likeness (QED) is 0.844. The van der Waals surface area contributed by atoms with Gasteiger partial charge in [0.25, 0.3) is 5.91 Å². The van der Waals surface area contributed by atoms with Crippen LogP contribution in [0, 0.1) is 12.3 Å². The largest absolute Gasteiger partial charge is 0.481 e. The standard InChI is InChI=1S/C10H13N3O3S/c1-6-7(17-12-11-6)8(14)13-4-3-10(2,5-13)9(15)16/h3-5H2,1-2H3,(H,15,16)/t10-/m0/s1. The van der Waals surface area contributed by atoms with E-state index in [1.807, 2.05) is 0 Å². The lowest BCUT2D eigenvalue weighted by Crippen LogP contribution is -2.34. The molecule has 0 radical (unpaired) electrons. The van der Waals surface area contributed by atoms with Crippen molar-refractivity contribution in [2.45, 2.75) is 20.3 Å². The zero-order valence-corrected chi connectivity index (χ0v) is 10.5. The molecule has 0 bridgehead atoms. The summed E-state index contributed by atoms with van der Waals surface area (Å²) in [7, 11) is 0. The van der Waals surface area contributed by atoms with E-state index < -0.39 is 11.4 Å². The first-order chi connectivity index (χ1) is 7.94. The third-order valence-corrected chi connectivity index (χ3v) is 3.94. The zero-order chi connectivity index (χ0) is 12.6. The molecule has 0 unspecified atom stereocenters. The number of carbonyl (C=O) groups is 2. The van der Waals surface area contributed by atoms with Gasteiger partial charge in [0.2, 0.25) is 0 Å². The lowest BCUT2D eigenvalue weighted by atomic mass is 9.90. The van der Waals surface area contributed by atoms with E-state index in [9.17, 15) is 9.59 Å². The van der Waals surface area contributed by atoms with Crippen molar-refractivity contribution in [3.05, 3.63) is 10.6 Å². The van der Waals surface area contributed by atoms with Crippen molar-refractivity contribution in [3.8, 4) is 0 Å². The topological polar surface area (TPSA) is 83.4 Å². The lowest BCUT2D eigenvalue weighted by Gasteiger charge is -2.19. The van der Waals surface area contributed by atoms with Crippen molar-refractivity contribution in [1.29, 1.82) is 0 Å². The number of aliphatic carboxylic acids is 1. The molecule has 7 heteroatoms. The molecule has 1 aromatic rings. The number of carboxylic acids is 1. The molecular formula is C10H13N3O3S. The Bertz CT molecular complexity index is 473. The molecule has 1 amide bonds. The highest BCUT2D eigenvalue weighted by Gasteiger charge is 2.42. The van der Waals surface area contributed by atoms with Gasteiger partial charge in [0, 0.05) is 13.1 Å². The van der Waals surface area contributed by atoms with Crippen LogP contribution in [0.4, 0.5) is 0 Å². The molecular weight excluding hydrogens is 242 g/mol. The fourth-order valence-corrected chi connectivity index (χ4v) is 2.51. The summed E-state index contributed by atoms with van der Waals surface area (Å²) in [5, 5.41) is 12.9. The Morgan fingerprint density at radius 3 is 2.71 bits per heavy atom. The average Bonchev–Trinajstić information content (AvgIpc) is 2.85. The summed E-state index contributed by atoms with van der Waals surface area (Å²) in [6, 6.07) is 0. The highest BCUT2D eigenvalue weighted by molar-refractivity contribution is 7.07. The summed E-state index contributed by atoms with van der Waals surface area (Å²) in [5.74, 6) is -1.02. The second-order valence-electron chi connectivity index (χ2n) is 4.53. The number of hydrogen-bond acceptors (Lipinski definition) is 5. The fraction of sp³-hybridized carbons (Fsp3) is 0.600. The van der Waals surface area contributed by atoms with Crippen molar-refractivity contribution < 1.29 is 14.7 Å². The van der Waals surface area contributed by atoms with Gasteiger partial charge in [-0.3, -0.25) is 9.59 Å². The summed E-state index contributed by atoms with van der Waals surface area (Å²) in [5.41, 5.74) is -0.231. The summed E-state index contributed by atoms with van der Waals surface area (Å²) in [6.45, 7) is 4.11. The molecule has 1 aliphatic rings. The highest BCUT2D eigenvalue weighted by atomic mass is 32.1. The van der Waals surface area contributed by atoms with E-state index in [1.165, 1.54) is 0 Å². The smallest absolute Gasteiger partial charge is 0.311 e. The number of likely N-dealkylation sites (tertiary alicyclic amines) is 1. The van der Waals surface area contributed by atoms with Crippen molar-refractivity contribution in [1.82, 2.24) is 14.5 Å². The van der Waals surface area contributed by atoms with Gasteiger partial charge in [-0.05, 0) is 31.8 Å². The van der Waals surface area contributed by atoms with Crippen LogP contribution >= 0.6 is 11.5 Å². The molecule has 1 atom stereocenters. The molecule has 0 aromatic carbocycles. The van der Waals surface area contributed by atoms with Gasteiger partial charge >= 0.3 is 5.97 Å². The molecule has 0 spiro atoms. The Balaban J connectivity index is 2.15. The molecule has 1 N–H and O–H groups in total. The maximum Gasteiger partial charge on any atom is 0.311 e. The molecule has 2 rings (SSSR count). The Morgan fingerprint density at radius 1 is 1.53 bits per heavy atom. The fourth-order valence-electron chi connectivity index (χ4n) is 1.88. The van der Waals surface area contributed by atoms with E-state index in [1.54, 1.807) is 18.7 Å². The number of rotatable bonds is 2. The van der Waals surface area contributed by atoms with E-state index >= 15 is 0 Å². The van der Waals surface area contributed by atoms with Crippen LogP contribution in [0.5, 0.6) is 0 Å². The van der Waals surface area contributed by atoms with Crippen LogP contribution in [0.3, 0.4) is 0 Å². The van der Waals surface area contributed by atoms with E-state index in [-0.39, 0.29) is 12.5 Å². The number of hydrogen-bond donors (Lipinski definition) is 1. The van der Waals surface area contributed by atoms with Gasteiger partial charge in [0.1, 0.15) is 4.88 Å². The molecule has 92 valence electrons. The van der Waals surface area contributed by atoms with Crippen LogP contribution in [-0.4, -0.2) is 44.6 Å². The summed E-state index contributed by atoms with van der Waals surface area (Å²) < 4.78 is 3.71. The van der Waals surface area contributed by atoms with Crippen LogP contribution in [0.25, 0.3) is 0 Å². The minimum absolute atomic E-state index is 0.164. The Labute approximate surface area is 102 Å². The molecule has 2 heterocycles. The van der Waals surface area contributed by atoms with E-state index in [4.69, 9.17) is 5.11 Å². The van der Waals surface area contributed by atoms with Crippen LogP contribution in [-0.2, 0) is 4.79 Å². The zero-order valence-electron chi connectivity index (χ0n) is 9.63. The minimum Gasteiger partial charge on any atom is -0.481 e. The van der Waals surface area contributed by atoms with Crippen molar-refractivity contribution in [3.63, 3.8) is 0 Å². The highest BCUT2D eigenvalue weighted by Crippen LogP contribution is 2.31. The third kappa shape index (κ3) is 2.02. The Morgan fingerprint density at radius 2 is 2.24 bits per heavy atom. The summed E-state index contributed by atoms with van der Waals surface area (Å²) >= 11 is 1.05. The molecule has 0 saturated carbocycles. The van der Waals surface area contributed by atoms with Crippen LogP contribution in [0.2, 0.25) is 0 Å². The third-order valence-electron chi connectivity index (χ3n) is 3.12. The molecule has 0 aliphatic carbocycles. The number of aryl methyl sites for hydroxylation is 1. The first-order valence-electron chi connectivity index (χ1n) is 5.26. The number of nitrogens with zero attached hydrogens (tertiary/aromatic N) is 3. The number of amides is 1. The molecule has 1 aliphatic heterocycles. The van der Waals surface area contributed by atoms with E-state index in [0.29, 0.717) is 23.5 Å². The Kier molecular flexibility index (Phi) is 2.86. The summed E-state index contributed by atoms with van der Waals surface area (Å²) in [6.07, 6.45) is 0.485. The van der Waals surface area contributed by atoms with Crippen LogP contribution in [0.15, 0.2) is 0 Å². The first kappa shape index (κ1) is 12.0. The SMILES string of the molecule is Cc1nnsc1C(=O)N1CC[C@](C)(C(=O)O)C1. The van der Waals surface area contributed by atoms with E-state index in [0.717, 1.165) is 11.5 Å². The van der Waals surface area contributed by atoms with Gasteiger partial charge in [-0.2, -0.15) is 0 Å². The van der Waals surface area contributed by atoms with Crippen LogP contribution < -0.4 is 0 Å². The molecule has 1 aromatic heterocycles. The predicted octanol–water partition coefficient (Wildman–Crippen LogP) is 0.783. The van der Waals surface area contributed by atoms with Gasteiger partial charge in [-0.25, -0.2) is 0 Å². The maximum absolute atomic E-state index is 12.1. The van der Waals surface area contributed by atoms with Gasteiger partial charge in [-0.15, -0.1) is 5.10 Å². The van der Waals surface area contributed by atoms with Gasteiger partial charge in [0.05, 0.1) is 11.1 Å². The molecule has 6 nitrogen and oxygen atoms in total. The van der Waals surface area contributed by atoms with Gasteiger partial charge in [0.15, 0.2) is 0 Å². The number of aromatic nitrogens is 2. The molecule has 17 heavy (non-hydrogen) atoms. The van der Waals surface area contributed by atoms with Crippen LogP contribution in [0.1, 0.15) is 28.7 Å². The average molecular weight is 255 g/mol. The lowest BCUT2D eigenvalue weighted by molar-refractivity contribution is -0.147. The van der Waals surface area contributed by atoms with E-state index in [2.05, 4.69) is 9.59 Å². The second-order valence-corrected chi connectivity index (χ2v) is 5.28. The Hall–Kier alpha value is -1.50. The van der Waals surface area contributed by atoms with Crippen molar-refractivity contribution in [2.24, 2.45) is 5.41 Å². The predicted molar refractivity (Wildman–Crippen MR) is 60.9 cm³/mol. The number of carboxylic acid groups (broad SMARTS) is 1. The number of carbonyl (C=O) groups excluding carboxylic acids is 1. The van der Waals surface area contributed by atoms with Crippen molar-refractivity contribution >= 4 is 23.4 Å². The molecule has 1 fully saturated rings. The minimum atomic E-state index is -0.855. The summed E-state index contributed by atoms with van der Waals surface area (Å²) in [4.78, 5) is 25.3.